The van der Waals surface area contributed by atoms with Crippen LogP contribution in [0.15, 0.2) is 42.1 Å². The van der Waals surface area contributed by atoms with Gasteiger partial charge in [0.15, 0.2) is 0 Å². The molecule has 0 saturated carbocycles. The SMILES string of the molecule is C/C=C1/CN2CC[C@@H]1C[C@@H]2[C@H](O)c1ccnc2ccc(OC[C@H](O)CO)cc12. The fourth-order valence-corrected chi connectivity index (χ4v) is 4.54. The number of aliphatic hydroxyl groups excluding tert-OH is 3. The second kappa shape index (κ2) is 8.17. The average molecular weight is 384 g/mol. The summed E-state index contributed by atoms with van der Waals surface area (Å²) in [6, 6.07) is 7.50. The molecule has 3 N–H and O–H groups in total. The van der Waals surface area contributed by atoms with Crippen LogP contribution in [0.5, 0.6) is 5.75 Å². The normalized spacial score (nSPS) is 27.9. The first kappa shape index (κ1) is 19.3. The van der Waals surface area contributed by atoms with Crippen LogP contribution in [0.3, 0.4) is 0 Å². The van der Waals surface area contributed by atoms with E-state index in [1.807, 2.05) is 18.2 Å². The maximum atomic E-state index is 11.3. The molecule has 1 unspecified atom stereocenters. The summed E-state index contributed by atoms with van der Waals surface area (Å²) in [5, 5.41) is 30.6. The predicted molar refractivity (Wildman–Crippen MR) is 107 cm³/mol. The molecule has 3 fully saturated rings. The maximum absolute atomic E-state index is 11.3. The molecular weight excluding hydrogens is 356 g/mol. The largest absolute Gasteiger partial charge is 0.491 e. The van der Waals surface area contributed by atoms with Crippen molar-refractivity contribution in [1.82, 2.24) is 9.88 Å². The number of rotatable bonds is 6. The van der Waals surface area contributed by atoms with Crippen molar-refractivity contribution < 1.29 is 20.1 Å². The molecule has 2 aromatic rings. The second-order valence-electron chi connectivity index (χ2n) is 7.79. The van der Waals surface area contributed by atoms with E-state index in [0.29, 0.717) is 11.7 Å². The minimum absolute atomic E-state index is 0.0182. The highest BCUT2D eigenvalue weighted by atomic mass is 16.5. The van der Waals surface area contributed by atoms with Crippen molar-refractivity contribution in [2.24, 2.45) is 5.92 Å². The lowest BCUT2D eigenvalue weighted by molar-refractivity contribution is -0.00340. The number of hydrogen-bond donors (Lipinski definition) is 3. The molecule has 6 heteroatoms. The van der Waals surface area contributed by atoms with Gasteiger partial charge in [-0.15, -0.1) is 0 Å². The van der Waals surface area contributed by atoms with Gasteiger partial charge >= 0.3 is 0 Å². The zero-order valence-corrected chi connectivity index (χ0v) is 16.2. The van der Waals surface area contributed by atoms with Crippen LogP contribution in [0.25, 0.3) is 10.9 Å². The van der Waals surface area contributed by atoms with Crippen LogP contribution in [0.2, 0.25) is 0 Å². The molecule has 0 aliphatic carbocycles. The third kappa shape index (κ3) is 3.65. The van der Waals surface area contributed by atoms with Gasteiger partial charge in [-0.1, -0.05) is 11.6 Å². The van der Waals surface area contributed by atoms with Gasteiger partial charge in [-0.2, -0.15) is 0 Å². The first-order valence-corrected chi connectivity index (χ1v) is 9.98. The maximum Gasteiger partial charge on any atom is 0.120 e. The molecule has 0 amide bonds. The number of aliphatic hydroxyl groups is 3. The van der Waals surface area contributed by atoms with E-state index in [0.717, 1.165) is 36.0 Å². The second-order valence-corrected chi connectivity index (χ2v) is 7.79. The zero-order valence-electron chi connectivity index (χ0n) is 16.2. The highest BCUT2D eigenvalue weighted by Crippen LogP contribution is 2.41. The molecule has 28 heavy (non-hydrogen) atoms. The number of nitrogens with zero attached hydrogens (tertiary/aromatic N) is 2. The van der Waals surface area contributed by atoms with E-state index in [4.69, 9.17) is 9.84 Å². The lowest BCUT2D eigenvalue weighted by Gasteiger charge is -2.48. The van der Waals surface area contributed by atoms with Gasteiger partial charge in [0, 0.05) is 24.2 Å². The highest BCUT2D eigenvalue weighted by Gasteiger charge is 2.40. The van der Waals surface area contributed by atoms with Crippen molar-refractivity contribution in [2.45, 2.75) is 38.0 Å². The molecule has 5 atom stereocenters. The van der Waals surface area contributed by atoms with Crippen LogP contribution in [-0.4, -0.2) is 63.7 Å². The number of fused-ring (bicyclic) bond motifs is 4. The van der Waals surface area contributed by atoms with E-state index in [9.17, 15) is 10.2 Å². The molecule has 3 aliphatic rings. The number of allylic oxidation sites excluding steroid dienone is 1. The number of benzene rings is 1. The lowest BCUT2D eigenvalue weighted by atomic mass is 9.76. The standard InChI is InChI=1S/C22H28N2O4/c1-2-14-11-24-8-6-15(14)9-21(24)22(27)18-5-7-23-20-4-3-17(10-19(18)20)28-13-16(26)12-25/h2-5,7,10,15-16,21-22,25-27H,6,8-9,11-13H2,1H3/b14-2-/t15-,16-,21-,22-/m1/s1. The zero-order chi connectivity index (χ0) is 19.7. The van der Waals surface area contributed by atoms with Gasteiger partial charge in [-0.05, 0) is 62.1 Å². The molecule has 1 aromatic carbocycles. The molecule has 0 spiro atoms. The third-order valence-corrected chi connectivity index (χ3v) is 6.12. The molecule has 150 valence electrons. The number of aromatic nitrogens is 1. The number of hydrogen-bond acceptors (Lipinski definition) is 6. The van der Waals surface area contributed by atoms with Crippen molar-refractivity contribution in [3.05, 3.63) is 47.7 Å². The van der Waals surface area contributed by atoms with E-state index in [1.54, 1.807) is 12.3 Å². The molecule has 1 aromatic heterocycles. The van der Waals surface area contributed by atoms with Gasteiger partial charge in [0.1, 0.15) is 18.5 Å². The van der Waals surface area contributed by atoms with Crippen molar-refractivity contribution in [2.75, 3.05) is 26.3 Å². The number of ether oxygens (including phenoxy) is 1. The van der Waals surface area contributed by atoms with Gasteiger partial charge in [0.05, 0.1) is 18.2 Å². The van der Waals surface area contributed by atoms with Crippen molar-refractivity contribution in [3.63, 3.8) is 0 Å². The summed E-state index contributed by atoms with van der Waals surface area (Å²) in [7, 11) is 0. The Bertz CT molecular complexity index is 869. The fourth-order valence-electron chi connectivity index (χ4n) is 4.54. The van der Waals surface area contributed by atoms with E-state index in [2.05, 4.69) is 22.9 Å². The molecule has 4 heterocycles. The Morgan fingerprint density at radius 1 is 1.32 bits per heavy atom. The van der Waals surface area contributed by atoms with Crippen LogP contribution >= 0.6 is 0 Å². The van der Waals surface area contributed by atoms with Crippen molar-refractivity contribution in [3.8, 4) is 5.75 Å². The summed E-state index contributed by atoms with van der Waals surface area (Å²) >= 11 is 0. The summed E-state index contributed by atoms with van der Waals surface area (Å²) in [5.41, 5.74) is 3.15. The summed E-state index contributed by atoms with van der Waals surface area (Å²) in [5.74, 6) is 1.16. The molecule has 0 radical (unpaired) electrons. The van der Waals surface area contributed by atoms with Gasteiger partial charge in [0.25, 0.3) is 0 Å². The van der Waals surface area contributed by atoms with E-state index >= 15 is 0 Å². The Kier molecular flexibility index (Phi) is 5.64. The molecule has 3 saturated heterocycles. The Balaban J connectivity index is 1.61. The quantitative estimate of drug-likeness (QED) is 0.661. The molecule has 5 rings (SSSR count). The van der Waals surface area contributed by atoms with Crippen LogP contribution in [0.4, 0.5) is 0 Å². The van der Waals surface area contributed by atoms with E-state index in [-0.39, 0.29) is 19.3 Å². The number of pyridine rings is 1. The topological polar surface area (TPSA) is 86.1 Å². The van der Waals surface area contributed by atoms with Gasteiger partial charge in [0.2, 0.25) is 0 Å². The predicted octanol–water partition coefficient (Wildman–Crippen LogP) is 2.04. The number of piperidine rings is 3. The Morgan fingerprint density at radius 3 is 2.89 bits per heavy atom. The van der Waals surface area contributed by atoms with E-state index < -0.39 is 12.2 Å². The van der Waals surface area contributed by atoms with Crippen molar-refractivity contribution >= 4 is 10.9 Å². The highest BCUT2D eigenvalue weighted by molar-refractivity contribution is 5.84. The average Bonchev–Trinajstić information content (AvgIpc) is 2.76. The lowest BCUT2D eigenvalue weighted by Crippen LogP contribution is -2.52. The first-order chi connectivity index (χ1) is 13.6. The van der Waals surface area contributed by atoms with Crippen LogP contribution in [0, 0.1) is 5.92 Å². The Morgan fingerprint density at radius 2 is 2.18 bits per heavy atom. The molecule has 6 nitrogen and oxygen atoms in total. The van der Waals surface area contributed by atoms with Crippen LogP contribution in [-0.2, 0) is 0 Å². The Labute approximate surface area is 165 Å². The molecular formula is C22H28N2O4. The third-order valence-electron chi connectivity index (χ3n) is 6.12. The summed E-state index contributed by atoms with van der Waals surface area (Å²) in [4.78, 5) is 6.81. The van der Waals surface area contributed by atoms with Crippen LogP contribution < -0.4 is 4.74 Å². The minimum atomic E-state index is -0.916. The minimum Gasteiger partial charge on any atom is -0.491 e. The smallest absolute Gasteiger partial charge is 0.120 e. The molecule has 2 bridgehead atoms. The van der Waals surface area contributed by atoms with E-state index in [1.165, 1.54) is 12.0 Å². The summed E-state index contributed by atoms with van der Waals surface area (Å²) < 4.78 is 5.59. The van der Waals surface area contributed by atoms with Gasteiger partial charge in [-0.3, -0.25) is 9.88 Å². The van der Waals surface area contributed by atoms with Gasteiger partial charge < -0.3 is 20.1 Å². The first-order valence-electron chi connectivity index (χ1n) is 9.98. The summed E-state index contributed by atoms with van der Waals surface area (Å²) in [6.07, 6.45) is 4.61. The van der Waals surface area contributed by atoms with Crippen LogP contribution in [0.1, 0.15) is 31.4 Å². The monoisotopic (exact) mass is 384 g/mol. The Hall–Kier alpha value is -1.99. The van der Waals surface area contributed by atoms with Gasteiger partial charge in [-0.25, -0.2) is 0 Å². The fraction of sp³-hybridized carbons (Fsp3) is 0.500. The van der Waals surface area contributed by atoms with Crippen molar-refractivity contribution in [1.29, 1.82) is 0 Å². The summed E-state index contributed by atoms with van der Waals surface area (Å²) in [6.45, 7) is 3.75. The molecule has 3 aliphatic heterocycles.